The van der Waals surface area contributed by atoms with Crippen molar-refractivity contribution in [2.45, 2.75) is 0 Å². The third-order valence-electron chi connectivity index (χ3n) is 1.24. The van der Waals surface area contributed by atoms with E-state index in [0.717, 1.165) is 0 Å². The van der Waals surface area contributed by atoms with Gasteiger partial charge in [-0.1, -0.05) is 36.9 Å². The minimum atomic E-state index is -0.0272. The lowest BCUT2D eigenvalue weighted by molar-refractivity contribution is -0.0979. The van der Waals surface area contributed by atoms with Gasteiger partial charge in [-0.15, -0.1) is 0 Å². The highest BCUT2D eigenvalue weighted by Gasteiger charge is 1.95. The van der Waals surface area contributed by atoms with Crippen molar-refractivity contribution in [2.24, 2.45) is 0 Å². The Bertz CT molecular complexity index is 252. The monoisotopic (exact) mass is 162 g/mol. The Morgan fingerprint density at radius 2 is 1.67 bits per heavy atom. The summed E-state index contributed by atoms with van der Waals surface area (Å²) in [6, 6.07) is 9.07. The Hall–Kier alpha value is -1.70. The zero-order chi connectivity index (χ0) is 9.40. The van der Waals surface area contributed by atoms with Crippen molar-refractivity contribution >= 4 is 12.6 Å². The van der Waals surface area contributed by atoms with Crippen LogP contribution in [0.4, 0.5) is 0 Å². The quantitative estimate of drug-likeness (QED) is 0.491. The minimum absolute atomic E-state index is 0.0272. The number of rotatable bonds is 2. The highest BCUT2D eigenvalue weighted by Crippen LogP contribution is 1.99. The molecule has 0 aromatic heterocycles. The van der Waals surface area contributed by atoms with Gasteiger partial charge in [0.25, 0.3) is 0 Å². The van der Waals surface area contributed by atoms with E-state index in [2.05, 4.69) is 6.58 Å². The van der Waals surface area contributed by atoms with E-state index in [9.17, 15) is 4.79 Å². The summed E-state index contributed by atoms with van der Waals surface area (Å²) in [6.45, 7) is 5.39. The van der Waals surface area contributed by atoms with Crippen molar-refractivity contribution in [3.63, 3.8) is 0 Å². The molecule has 1 aromatic rings. The predicted octanol–water partition coefficient (Wildman–Crippen LogP) is 1.87. The molecule has 0 amide bonds. The molecule has 0 bridgehead atoms. The molecule has 0 fully saturated rings. The van der Waals surface area contributed by atoms with E-state index in [0.29, 0.717) is 5.56 Å². The van der Waals surface area contributed by atoms with E-state index < -0.39 is 0 Å². The van der Waals surface area contributed by atoms with Crippen molar-refractivity contribution < 1.29 is 9.59 Å². The molecule has 0 saturated carbocycles. The standard InChI is InChI=1S/C9H8O.CH2O/c1-2-9(10)8-6-4-3-5-7-8;1-2/h2-7H,1H2;1H2. The summed E-state index contributed by atoms with van der Waals surface area (Å²) in [7, 11) is 0. The van der Waals surface area contributed by atoms with Gasteiger partial charge in [0.2, 0.25) is 0 Å². The highest BCUT2D eigenvalue weighted by atomic mass is 16.1. The first kappa shape index (κ1) is 10.3. The van der Waals surface area contributed by atoms with Crippen LogP contribution >= 0.6 is 0 Å². The summed E-state index contributed by atoms with van der Waals surface area (Å²) < 4.78 is 0. The molecule has 0 N–H and O–H groups in total. The van der Waals surface area contributed by atoms with Crippen LogP contribution in [0.25, 0.3) is 0 Å². The van der Waals surface area contributed by atoms with Crippen LogP contribution in [0.3, 0.4) is 0 Å². The molecular formula is C10H10O2. The average Bonchev–Trinajstić information content (AvgIpc) is 2.21. The maximum absolute atomic E-state index is 10.9. The third-order valence-corrected chi connectivity index (χ3v) is 1.24. The first-order valence-corrected chi connectivity index (χ1v) is 3.35. The van der Waals surface area contributed by atoms with Gasteiger partial charge in [-0.3, -0.25) is 4.79 Å². The van der Waals surface area contributed by atoms with Crippen LogP contribution in [0, 0.1) is 0 Å². The summed E-state index contributed by atoms with van der Waals surface area (Å²) in [5.74, 6) is -0.0272. The molecule has 12 heavy (non-hydrogen) atoms. The smallest absolute Gasteiger partial charge is 0.185 e. The van der Waals surface area contributed by atoms with Gasteiger partial charge in [0.05, 0.1) is 0 Å². The number of benzene rings is 1. The molecule has 2 heteroatoms. The lowest BCUT2D eigenvalue weighted by Crippen LogP contribution is -1.90. The van der Waals surface area contributed by atoms with Crippen LogP contribution in [0.1, 0.15) is 10.4 Å². The molecule has 0 saturated heterocycles. The number of hydrogen-bond donors (Lipinski definition) is 0. The van der Waals surface area contributed by atoms with Crippen LogP contribution in [0.15, 0.2) is 43.0 Å². The van der Waals surface area contributed by atoms with Crippen LogP contribution < -0.4 is 0 Å². The molecule has 0 unspecified atom stereocenters. The molecule has 0 heterocycles. The largest absolute Gasteiger partial charge is 0.307 e. The Morgan fingerprint density at radius 3 is 2.08 bits per heavy atom. The fourth-order valence-corrected chi connectivity index (χ4v) is 0.720. The Morgan fingerprint density at radius 1 is 1.17 bits per heavy atom. The molecule has 0 spiro atoms. The van der Waals surface area contributed by atoms with E-state index in [1.807, 2.05) is 25.0 Å². The lowest BCUT2D eigenvalue weighted by Gasteiger charge is -1.90. The first-order chi connectivity index (χ1) is 5.84. The van der Waals surface area contributed by atoms with E-state index in [1.165, 1.54) is 6.08 Å². The number of ketones is 1. The molecule has 1 aromatic carbocycles. The highest BCUT2D eigenvalue weighted by molar-refractivity contribution is 6.04. The van der Waals surface area contributed by atoms with Gasteiger partial charge in [0.1, 0.15) is 6.79 Å². The number of hydrogen-bond acceptors (Lipinski definition) is 2. The zero-order valence-corrected chi connectivity index (χ0v) is 6.69. The second kappa shape index (κ2) is 6.04. The van der Waals surface area contributed by atoms with Crippen molar-refractivity contribution in [3.8, 4) is 0 Å². The molecule has 62 valence electrons. The summed E-state index contributed by atoms with van der Waals surface area (Å²) in [4.78, 5) is 18.9. The predicted molar refractivity (Wildman–Crippen MR) is 48.1 cm³/mol. The van der Waals surface area contributed by atoms with Gasteiger partial charge in [0.15, 0.2) is 5.78 Å². The molecule has 0 radical (unpaired) electrons. The fraction of sp³-hybridized carbons (Fsp3) is 0. The van der Waals surface area contributed by atoms with E-state index >= 15 is 0 Å². The van der Waals surface area contributed by atoms with E-state index in [-0.39, 0.29) is 5.78 Å². The maximum atomic E-state index is 10.9. The normalized spacial score (nSPS) is 7.67. The van der Waals surface area contributed by atoms with E-state index in [4.69, 9.17) is 4.79 Å². The van der Waals surface area contributed by atoms with Gasteiger partial charge in [-0.2, -0.15) is 0 Å². The van der Waals surface area contributed by atoms with Crippen molar-refractivity contribution in [2.75, 3.05) is 0 Å². The molecular weight excluding hydrogens is 152 g/mol. The molecule has 1 rings (SSSR count). The van der Waals surface area contributed by atoms with Crippen LogP contribution in [0.2, 0.25) is 0 Å². The number of allylic oxidation sites excluding steroid dienone is 1. The summed E-state index contributed by atoms with van der Waals surface area (Å²) in [6.07, 6.45) is 1.31. The van der Waals surface area contributed by atoms with Crippen LogP contribution in [-0.4, -0.2) is 12.6 Å². The maximum Gasteiger partial charge on any atom is 0.185 e. The summed E-state index contributed by atoms with van der Waals surface area (Å²) in [5, 5.41) is 0. The Kier molecular flexibility index (Phi) is 5.18. The Labute approximate surface area is 71.5 Å². The third kappa shape index (κ3) is 2.92. The lowest BCUT2D eigenvalue weighted by atomic mass is 10.1. The second-order valence-corrected chi connectivity index (χ2v) is 1.93. The van der Waals surface area contributed by atoms with E-state index in [1.54, 1.807) is 12.1 Å². The summed E-state index contributed by atoms with van der Waals surface area (Å²) in [5.41, 5.74) is 0.692. The minimum Gasteiger partial charge on any atom is -0.307 e. The van der Waals surface area contributed by atoms with Crippen molar-refractivity contribution in [3.05, 3.63) is 48.6 Å². The number of carbonyl (C=O) groups excluding carboxylic acids is 2. The van der Waals surface area contributed by atoms with Crippen LogP contribution in [0.5, 0.6) is 0 Å². The fourth-order valence-electron chi connectivity index (χ4n) is 0.720. The summed E-state index contributed by atoms with van der Waals surface area (Å²) >= 11 is 0. The molecule has 0 aliphatic heterocycles. The van der Waals surface area contributed by atoms with Gasteiger partial charge in [-0.25, -0.2) is 0 Å². The topological polar surface area (TPSA) is 34.1 Å². The van der Waals surface area contributed by atoms with Crippen molar-refractivity contribution in [1.82, 2.24) is 0 Å². The Balaban J connectivity index is 0.000000561. The van der Waals surface area contributed by atoms with Crippen molar-refractivity contribution in [1.29, 1.82) is 0 Å². The SMILES string of the molecule is C=CC(=O)c1ccccc1.C=O. The van der Waals surface area contributed by atoms with Gasteiger partial charge < -0.3 is 4.79 Å². The van der Waals surface area contributed by atoms with Gasteiger partial charge in [-0.05, 0) is 6.08 Å². The molecule has 0 aliphatic rings. The number of carbonyl (C=O) groups is 2. The van der Waals surface area contributed by atoms with Crippen LogP contribution in [-0.2, 0) is 4.79 Å². The first-order valence-electron chi connectivity index (χ1n) is 3.35. The molecule has 2 nitrogen and oxygen atoms in total. The molecule has 0 atom stereocenters. The second-order valence-electron chi connectivity index (χ2n) is 1.93. The molecule has 0 aliphatic carbocycles. The van der Waals surface area contributed by atoms with Gasteiger partial charge >= 0.3 is 0 Å². The average molecular weight is 162 g/mol. The van der Waals surface area contributed by atoms with Gasteiger partial charge in [0, 0.05) is 5.56 Å². The zero-order valence-electron chi connectivity index (χ0n) is 6.69.